The van der Waals surface area contributed by atoms with Crippen molar-refractivity contribution in [1.29, 1.82) is 5.26 Å². The van der Waals surface area contributed by atoms with Crippen LogP contribution in [0.4, 0.5) is 24.8 Å². The van der Waals surface area contributed by atoms with E-state index in [2.05, 4.69) is 4.98 Å². The van der Waals surface area contributed by atoms with E-state index < -0.39 is 66.3 Å². The molecule has 1 aromatic heterocycles. The van der Waals surface area contributed by atoms with Crippen molar-refractivity contribution < 1.29 is 28.6 Å². The normalized spacial score (nSPS) is 35.1. The first kappa shape index (κ1) is 13.6. The quantitative estimate of drug-likeness (QED) is 0.860. The number of aromatic nitrogens is 1. The van der Waals surface area contributed by atoms with Crippen molar-refractivity contribution in [2.45, 2.75) is 32.0 Å². The second-order valence-corrected chi connectivity index (χ2v) is 7.07. The van der Waals surface area contributed by atoms with Gasteiger partial charge in [0.05, 0.1) is 5.56 Å². The lowest BCUT2D eigenvalue weighted by Crippen LogP contribution is -2.47. The number of carboxylic acids is 1. The first-order valence-corrected chi connectivity index (χ1v) is 8.54. The van der Waals surface area contributed by atoms with Gasteiger partial charge >= 0.3 is 12.1 Å². The second kappa shape index (κ2) is 6.01. The molecule has 0 bridgehead atoms. The van der Waals surface area contributed by atoms with Crippen LogP contribution in [0.3, 0.4) is 0 Å². The maximum absolute atomic E-state index is 13.8. The number of hydrogen-bond acceptors (Lipinski definition) is 5. The zero-order valence-corrected chi connectivity index (χ0v) is 14.3. The molecule has 144 valence electrons. The Bertz CT molecular complexity index is 975. The van der Waals surface area contributed by atoms with Crippen LogP contribution in [-0.2, 0) is 11.0 Å². The number of carbonyl (C=O) groups is 1. The van der Waals surface area contributed by atoms with Gasteiger partial charge in [-0.2, -0.15) is 18.4 Å². The second-order valence-electron chi connectivity index (χ2n) is 7.07. The summed E-state index contributed by atoms with van der Waals surface area (Å²) in [5.74, 6) is -4.73. The standard InChI is InChI=1S/C18H19F3N4O2/c1-9-2-3-25(9)17-11(6-22)14(18(19,20)21)5-15(23-17)24-7-12-10(4-16(26)27)13(12)8-24/h5,9-10,12-13H,2-4,7-8H2,1H3,(H,26,27)/t9-,10?,12-,13+/m0/s1/i7D2,8D2. The molecule has 0 radical (unpaired) electrons. The van der Waals surface area contributed by atoms with Crippen molar-refractivity contribution in [3.05, 3.63) is 17.2 Å². The number of halogens is 3. The van der Waals surface area contributed by atoms with E-state index in [-0.39, 0.29) is 11.9 Å². The summed E-state index contributed by atoms with van der Waals surface area (Å²) < 4.78 is 75.0. The molecule has 1 aliphatic carbocycles. The van der Waals surface area contributed by atoms with Crippen LogP contribution in [0.15, 0.2) is 6.07 Å². The Balaban J connectivity index is 1.84. The van der Waals surface area contributed by atoms with Gasteiger partial charge in [-0.1, -0.05) is 0 Å². The first-order valence-electron chi connectivity index (χ1n) is 10.5. The van der Waals surface area contributed by atoms with Crippen molar-refractivity contribution >= 4 is 17.6 Å². The molecule has 6 nitrogen and oxygen atoms in total. The average molecular weight is 384 g/mol. The Labute approximate surface area is 159 Å². The number of pyridine rings is 1. The van der Waals surface area contributed by atoms with E-state index in [1.165, 1.54) is 4.90 Å². The topological polar surface area (TPSA) is 80.5 Å². The van der Waals surface area contributed by atoms with Crippen LogP contribution in [-0.4, -0.2) is 41.6 Å². The number of fused-ring (bicyclic) bond motifs is 1. The lowest BCUT2D eigenvalue weighted by Gasteiger charge is -2.41. The number of alkyl halides is 3. The van der Waals surface area contributed by atoms with E-state index in [9.17, 15) is 23.2 Å². The number of nitrogens with zero attached hydrogens (tertiary/aromatic N) is 4. The van der Waals surface area contributed by atoms with Gasteiger partial charge in [0, 0.05) is 37.5 Å². The Morgan fingerprint density at radius 3 is 2.59 bits per heavy atom. The van der Waals surface area contributed by atoms with E-state index in [1.807, 2.05) is 0 Å². The lowest BCUT2D eigenvalue weighted by atomic mass is 10.0. The summed E-state index contributed by atoms with van der Waals surface area (Å²) in [6.45, 7) is -2.77. The zero-order valence-electron chi connectivity index (χ0n) is 18.3. The maximum atomic E-state index is 13.8. The molecule has 4 rings (SSSR count). The molecule has 2 aliphatic heterocycles. The fourth-order valence-corrected chi connectivity index (χ4v) is 3.65. The fourth-order valence-electron chi connectivity index (χ4n) is 3.65. The molecular weight excluding hydrogens is 361 g/mol. The molecule has 9 heteroatoms. The average Bonchev–Trinajstić information content (AvgIpc) is 3.30. The van der Waals surface area contributed by atoms with Gasteiger partial charge in [0.2, 0.25) is 0 Å². The Morgan fingerprint density at radius 2 is 2.15 bits per heavy atom. The number of rotatable bonds is 4. The highest BCUT2D eigenvalue weighted by Gasteiger charge is 2.56. The molecule has 3 heterocycles. The molecule has 1 unspecified atom stereocenters. The van der Waals surface area contributed by atoms with E-state index in [0.717, 1.165) is 0 Å². The Hall–Kier alpha value is -2.50. The fraction of sp³-hybridized carbons (Fsp3) is 0.611. The molecular formula is C18H19F3N4O2. The van der Waals surface area contributed by atoms with E-state index in [1.54, 1.807) is 13.0 Å². The van der Waals surface area contributed by atoms with Gasteiger partial charge < -0.3 is 14.9 Å². The minimum absolute atomic E-state index is 0.170. The number of piperidine rings is 1. The molecule has 0 aromatic carbocycles. The Kier molecular flexibility index (Phi) is 3.03. The van der Waals surface area contributed by atoms with E-state index >= 15 is 0 Å². The van der Waals surface area contributed by atoms with Crippen LogP contribution in [0.5, 0.6) is 0 Å². The number of anilines is 2. The minimum Gasteiger partial charge on any atom is -0.481 e. The molecule has 2 saturated heterocycles. The highest BCUT2D eigenvalue weighted by atomic mass is 19.4. The maximum Gasteiger partial charge on any atom is 0.417 e. The third-order valence-corrected chi connectivity index (χ3v) is 5.36. The SMILES string of the molecule is [2H]C1([2H])[C@@H]2C(CC(=O)O)[C@@H]2C([2H])([2H])N1c1cc(C(F)(F)F)c(C#N)c(N2CC[C@@H]2C)n1. The van der Waals surface area contributed by atoms with Crippen LogP contribution in [0.25, 0.3) is 0 Å². The number of hydrogen-bond donors (Lipinski definition) is 1. The zero-order chi connectivity index (χ0) is 23.1. The van der Waals surface area contributed by atoms with Crippen molar-refractivity contribution in [3.63, 3.8) is 0 Å². The molecule has 1 N–H and O–H groups in total. The Morgan fingerprint density at radius 1 is 1.48 bits per heavy atom. The summed E-state index contributed by atoms with van der Waals surface area (Å²) in [7, 11) is 0. The van der Waals surface area contributed by atoms with E-state index in [4.69, 9.17) is 10.6 Å². The van der Waals surface area contributed by atoms with Crippen LogP contribution in [0.1, 0.15) is 36.4 Å². The molecule has 4 atom stereocenters. The summed E-state index contributed by atoms with van der Waals surface area (Å²) in [6.07, 6.45) is -4.67. The predicted molar refractivity (Wildman–Crippen MR) is 90.3 cm³/mol. The van der Waals surface area contributed by atoms with Gasteiger partial charge in [0.1, 0.15) is 23.3 Å². The molecule has 27 heavy (non-hydrogen) atoms. The van der Waals surface area contributed by atoms with Crippen molar-refractivity contribution in [3.8, 4) is 6.07 Å². The number of nitriles is 1. The summed E-state index contributed by atoms with van der Waals surface area (Å²) in [5.41, 5.74) is -1.99. The van der Waals surface area contributed by atoms with Gasteiger partial charge in [-0.3, -0.25) is 4.79 Å². The van der Waals surface area contributed by atoms with Gasteiger partial charge in [0.15, 0.2) is 0 Å². The van der Waals surface area contributed by atoms with Crippen LogP contribution in [0.2, 0.25) is 0 Å². The molecule has 3 fully saturated rings. The van der Waals surface area contributed by atoms with Gasteiger partial charge in [0.25, 0.3) is 0 Å². The monoisotopic (exact) mass is 384 g/mol. The largest absolute Gasteiger partial charge is 0.481 e. The van der Waals surface area contributed by atoms with Crippen LogP contribution >= 0.6 is 0 Å². The smallest absolute Gasteiger partial charge is 0.417 e. The third kappa shape index (κ3) is 2.97. The van der Waals surface area contributed by atoms with Crippen LogP contribution in [0, 0.1) is 29.1 Å². The van der Waals surface area contributed by atoms with Crippen LogP contribution < -0.4 is 9.80 Å². The minimum atomic E-state index is -4.93. The molecule has 0 spiro atoms. The molecule has 0 amide bonds. The van der Waals surface area contributed by atoms with Crippen molar-refractivity contribution in [2.24, 2.45) is 17.8 Å². The number of carboxylic acid groups (broad SMARTS) is 1. The van der Waals surface area contributed by atoms with Gasteiger partial charge in [-0.05, 0) is 37.2 Å². The predicted octanol–water partition coefficient (Wildman–Crippen LogP) is 2.73. The lowest BCUT2D eigenvalue weighted by molar-refractivity contribution is -0.138. The summed E-state index contributed by atoms with van der Waals surface area (Å²) in [4.78, 5) is 17.3. The summed E-state index contributed by atoms with van der Waals surface area (Å²) >= 11 is 0. The molecule has 3 aliphatic rings. The van der Waals surface area contributed by atoms with Crippen molar-refractivity contribution in [2.75, 3.05) is 29.3 Å². The first-order chi connectivity index (χ1) is 14.2. The van der Waals surface area contributed by atoms with Gasteiger partial charge in [-0.15, -0.1) is 0 Å². The summed E-state index contributed by atoms with van der Waals surface area (Å²) in [5, 5.41) is 18.4. The highest BCUT2D eigenvalue weighted by molar-refractivity contribution is 5.68. The molecule has 1 saturated carbocycles. The summed E-state index contributed by atoms with van der Waals surface area (Å²) in [6, 6.07) is 1.89. The molecule has 1 aromatic rings. The van der Waals surface area contributed by atoms with Gasteiger partial charge in [-0.25, -0.2) is 4.98 Å². The van der Waals surface area contributed by atoms with Crippen molar-refractivity contribution in [1.82, 2.24) is 4.98 Å². The highest BCUT2D eigenvalue weighted by Crippen LogP contribution is 2.54. The third-order valence-electron chi connectivity index (χ3n) is 5.36. The van der Waals surface area contributed by atoms with E-state index in [0.29, 0.717) is 23.9 Å². The number of aliphatic carboxylic acids is 1.